The number of nitrogens with one attached hydrogen (secondary N) is 1. The first-order valence-corrected chi connectivity index (χ1v) is 5.95. The minimum absolute atomic E-state index is 0.114. The Morgan fingerprint density at radius 1 is 1.35 bits per heavy atom. The van der Waals surface area contributed by atoms with Crippen molar-refractivity contribution in [1.29, 1.82) is 0 Å². The zero-order chi connectivity index (χ0) is 12.7. The van der Waals surface area contributed by atoms with Crippen molar-refractivity contribution in [1.82, 2.24) is 10.3 Å². The third kappa shape index (κ3) is 6.07. The van der Waals surface area contributed by atoms with E-state index in [-0.39, 0.29) is 5.54 Å². The quantitative estimate of drug-likeness (QED) is 0.795. The molecule has 0 saturated carbocycles. The lowest BCUT2D eigenvalue weighted by atomic mass is 10.1. The third-order valence-electron chi connectivity index (χ3n) is 2.18. The van der Waals surface area contributed by atoms with Crippen LogP contribution in [0.15, 0.2) is 30.5 Å². The van der Waals surface area contributed by atoms with Gasteiger partial charge in [-0.1, -0.05) is 12.2 Å². The molecule has 0 bridgehead atoms. The van der Waals surface area contributed by atoms with E-state index in [2.05, 4.69) is 31.1 Å². The molecule has 0 fully saturated rings. The molecule has 0 aliphatic heterocycles. The second kappa shape index (κ2) is 6.40. The molecule has 0 spiro atoms. The maximum absolute atomic E-state index is 5.48. The van der Waals surface area contributed by atoms with E-state index in [0.717, 1.165) is 18.0 Å². The molecule has 0 unspecified atom stereocenters. The molecule has 3 heteroatoms. The molecule has 3 nitrogen and oxygen atoms in total. The van der Waals surface area contributed by atoms with Crippen LogP contribution in [0.25, 0.3) is 0 Å². The number of allylic oxidation sites excluding steroid dienone is 1. The standard InChI is InChI=1S/C14H22N2O/c1-5-6-9-17-13-8-7-12(15-11-13)10-16-14(2,3)4/h5-8,11,16H,9-10H2,1-4H3. The van der Waals surface area contributed by atoms with E-state index in [9.17, 15) is 0 Å². The minimum atomic E-state index is 0.114. The van der Waals surface area contributed by atoms with Gasteiger partial charge in [-0.25, -0.2) is 0 Å². The molecule has 94 valence electrons. The Bertz CT molecular complexity index is 349. The molecule has 1 heterocycles. The fourth-order valence-corrected chi connectivity index (χ4v) is 1.20. The summed E-state index contributed by atoms with van der Waals surface area (Å²) < 4.78 is 5.48. The van der Waals surface area contributed by atoms with Crippen molar-refractivity contribution in [3.8, 4) is 5.75 Å². The van der Waals surface area contributed by atoms with Gasteiger partial charge in [0.25, 0.3) is 0 Å². The molecule has 0 amide bonds. The lowest BCUT2D eigenvalue weighted by Gasteiger charge is -2.20. The van der Waals surface area contributed by atoms with Gasteiger partial charge in [-0.2, -0.15) is 0 Å². The highest BCUT2D eigenvalue weighted by molar-refractivity contribution is 5.20. The molecular weight excluding hydrogens is 212 g/mol. The fourth-order valence-electron chi connectivity index (χ4n) is 1.20. The summed E-state index contributed by atoms with van der Waals surface area (Å²) >= 11 is 0. The van der Waals surface area contributed by atoms with Crippen LogP contribution >= 0.6 is 0 Å². The van der Waals surface area contributed by atoms with E-state index < -0.39 is 0 Å². The van der Waals surface area contributed by atoms with Crippen molar-refractivity contribution in [2.75, 3.05) is 6.61 Å². The van der Waals surface area contributed by atoms with E-state index >= 15 is 0 Å². The van der Waals surface area contributed by atoms with Gasteiger partial charge in [0, 0.05) is 12.1 Å². The van der Waals surface area contributed by atoms with Crippen LogP contribution in [0, 0.1) is 0 Å². The maximum Gasteiger partial charge on any atom is 0.138 e. The van der Waals surface area contributed by atoms with Gasteiger partial charge in [-0.15, -0.1) is 0 Å². The molecule has 1 aromatic rings. The van der Waals surface area contributed by atoms with Gasteiger partial charge in [-0.3, -0.25) is 4.98 Å². The third-order valence-corrected chi connectivity index (χ3v) is 2.18. The highest BCUT2D eigenvalue weighted by Gasteiger charge is 2.08. The van der Waals surface area contributed by atoms with Crippen LogP contribution in [0.3, 0.4) is 0 Å². The molecule has 17 heavy (non-hydrogen) atoms. The SMILES string of the molecule is CC=CCOc1ccc(CNC(C)(C)C)nc1. The highest BCUT2D eigenvalue weighted by atomic mass is 16.5. The van der Waals surface area contributed by atoms with Crippen molar-refractivity contribution in [2.45, 2.75) is 39.8 Å². The Morgan fingerprint density at radius 2 is 2.12 bits per heavy atom. The smallest absolute Gasteiger partial charge is 0.138 e. The number of pyridine rings is 1. The Hall–Kier alpha value is -1.35. The number of hydrogen-bond donors (Lipinski definition) is 1. The second-order valence-electron chi connectivity index (χ2n) is 4.97. The number of hydrogen-bond acceptors (Lipinski definition) is 3. The fraction of sp³-hybridized carbons (Fsp3) is 0.500. The van der Waals surface area contributed by atoms with E-state index in [1.807, 2.05) is 31.2 Å². The molecule has 1 N–H and O–H groups in total. The van der Waals surface area contributed by atoms with Gasteiger partial charge in [0.2, 0.25) is 0 Å². The van der Waals surface area contributed by atoms with Gasteiger partial charge in [0.15, 0.2) is 0 Å². The molecule has 0 aliphatic carbocycles. The van der Waals surface area contributed by atoms with Crippen LogP contribution in [0.5, 0.6) is 5.75 Å². The average Bonchev–Trinajstić information content (AvgIpc) is 2.27. The molecule has 0 aromatic carbocycles. The Balaban J connectivity index is 2.44. The first-order chi connectivity index (χ1) is 8.01. The Morgan fingerprint density at radius 3 is 2.65 bits per heavy atom. The number of rotatable bonds is 5. The maximum atomic E-state index is 5.48. The molecule has 0 saturated heterocycles. The van der Waals surface area contributed by atoms with E-state index in [1.165, 1.54) is 0 Å². The predicted octanol–water partition coefficient (Wildman–Crippen LogP) is 2.92. The summed E-state index contributed by atoms with van der Waals surface area (Å²) in [6, 6.07) is 3.94. The topological polar surface area (TPSA) is 34.1 Å². The monoisotopic (exact) mass is 234 g/mol. The highest BCUT2D eigenvalue weighted by Crippen LogP contribution is 2.10. The van der Waals surface area contributed by atoms with Gasteiger partial charge >= 0.3 is 0 Å². The van der Waals surface area contributed by atoms with Crippen molar-refractivity contribution in [3.63, 3.8) is 0 Å². The van der Waals surface area contributed by atoms with Crippen LogP contribution in [0.1, 0.15) is 33.4 Å². The molecule has 1 aromatic heterocycles. The van der Waals surface area contributed by atoms with Crippen LogP contribution in [-0.4, -0.2) is 17.1 Å². The predicted molar refractivity (Wildman–Crippen MR) is 71.1 cm³/mol. The van der Waals surface area contributed by atoms with Crippen LogP contribution in [-0.2, 0) is 6.54 Å². The van der Waals surface area contributed by atoms with E-state index in [4.69, 9.17) is 4.74 Å². The molecular formula is C14H22N2O. The summed E-state index contributed by atoms with van der Waals surface area (Å²) in [5, 5.41) is 3.40. The van der Waals surface area contributed by atoms with Gasteiger partial charge in [0.1, 0.15) is 12.4 Å². The van der Waals surface area contributed by atoms with Crippen molar-refractivity contribution in [2.24, 2.45) is 0 Å². The van der Waals surface area contributed by atoms with E-state index in [1.54, 1.807) is 6.20 Å². The summed E-state index contributed by atoms with van der Waals surface area (Å²) in [6.45, 7) is 9.77. The summed E-state index contributed by atoms with van der Waals surface area (Å²) in [4.78, 5) is 4.35. The lowest BCUT2D eigenvalue weighted by Crippen LogP contribution is -2.35. The number of ether oxygens (including phenoxy) is 1. The Labute approximate surface area is 104 Å². The van der Waals surface area contributed by atoms with Crippen molar-refractivity contribution < 1.29 is 4.74 Å². The second-order valence-corrected chi connectivity index (χ2v) is 4.97. The van der Waals surface area contributed by atoms with E-state index in [0.29, 0.717) is 6.61 Å². The first kappa shape index (κ1) is 13.7. The lowest BCUT2D eigenvalue weighted by molar-refractivity contribution is 0.360. The molecule has 0 radical (unpaired) electrons. The van der Waals surface area contributed by atoms with Crippen molar-refractivity contribution >= 4 is 0 Å². The Kier molecular flexibility index (Phi) is 5.16. The summed E-state index contributed by atoms with van der Waals surface area (Å²) in [6.07, 6.45) is 5.70. The van der Waals surface area contributed by atoms with Crippen LogP contribution in [0.2, 0.25) is 0 Å². The molecule has 1 rings (SSSR count). The summed E-state index contributed by atoms with van der Waals surface area (Å²) in [5.41, 5.74) is 1.14. The van der Waals surface area contributed by atoms with Gasteiger partial charge in [0.05, 0.1) is 11.9 Å². The van der Waals surface area contributed by atoms with Crippen LogP contribution in [0.4, 0.5) is 0 Å². The largest absolute Gasteiger partial charge is 0.488 e. The van der Waals surface area contributed by atoms with Gasteiger partial charge < -0.3 is 10.1 Å². The minimum Gasteiger partial charge on any atom is -0.488 e. The zero-order valence-electron chi connectivity index (χ0n) is 11.2. The number of aromatic nitrogens is 1. The first-order valence-electron chi connectivity index (χ1n) is 5.95. The number of nitrogens with zero attached hydrogens (tertiary/aromatic N) is 1. The molecule has 0 aliphatic rings. The zero-order valence-corrected chi connectivity index (χ0v) is 11.2. The van der Waals surface area contributed by atoms with Gasteiger partial charge in [-0.05, 0) is 39.8 Å². The molecule has 0 atom stereocenters. The summed E-state index contributed by atoms with van der Waals surface area (Å²) in [5.74, 6) is 0.808. The van der Waals surface area contributed by atoms with Crippen molar-refractivity contribution in [3.05, 3.63) is 36.2 Å². The van der Waals surface area contributed by atoms with Crippen LogP contribution < -0.4 is 10.1 Å². The normalized spacial score (nSPS) is 12.0. The summed E-state index contributed by atoms with van der Waals surface area (Å²) in [7, 11) is 0. The average molecular weight is 234 g/mol.